The van der Waals surface area contributed by atoms with Crippen LogP contribution in [0.15, 0.2) is 66.9 Å². The largest absolute Gasteiger partial charge is 0.356 e. The first-order valence-corrected chi connectivity index (χ1v) is 9.01. The summed E-state index contributed by atoms with van der Waals surface area (Å²) in [6.45, 7) is 1.80. The predicted molar refractivity (Wildman–Crippen MR) is 106 cm³/mol. The summed E-state index contributed by atoms with van der Waals surface area (Å²) in [5, 5.41) is 8.28. The Morgan fingerprint density at radius 3 is 2.54 bits per heavy atom. The lowest BCUT2D eigenvalue weighted by molar-refractivity contribution is 0.246. The quantitative estimate of drug-likeness (QED) is 0.753. The molecule has 0 radical (unpaired) electrons. The van der Waals surface area contributed by atoms with E-state index in [-0.39, 0.29) is 12.1 Å². The van der Waals surface area contributed by atoms with Crippen molar-refractivity contribution < 1.29 is 4.79 Å². The highest BCUT2D eigenvalue weighted by atomic mass is 16.2. The standard InChI is InChI=1S/C21H22N4O/c26-21(24-19-9-5-7-16-6-1-2-8-18(16)19)23-17-11-14-25(15-12-17)20-10-3-4-13-22-20/h1-10,13,17H,11-12,14-15H2,(H2,23,24,26). The normalized spacial score (nSPS) is 15.0. The molecule has 0 atom stereocenters. The lowest BCUT2D eigenvalue weighted by Crippen LogP contribution is -2.46. The summed E-state index contributed by atoms with van der Waals surface area (Å²) in [5.74, 6) is 1.01. The number of fused-ring (bicyclic) bond motifs is 1. The van der Waals surface area contributed by atoms with E-state index in [1.54, 1.807) is 0 Å². The molecule has 4 rings (SSSR count). The number of amides is 2. The number of benzene rings is 2. The summed E-state index contributed by atoms with van der Waals surface area (Å²) in [6, 6.07) is 20.0. The van der Waals surface area contributed by atoms with Gasteiger partial charge in [-0.15, -0.1) is 0 Å². The molecule has 0 unspecified atom stereocenters. The van der Waals surface area contributed by atoms with Gasteiger partial charge in [-0.25, -0.2) is 9.78 Å². The molecule has 1 saturated heterocycles. The van der Waals surface area contributed by atoms with Gasteiger partial charge in [0.25, 0.3) is 0 Å². The molecule has 132 valence electrons. The summed E-state index contributed by atoms with van der Waals surface area (Å²) in [5.41, 5.74) is 0.839. The van der Waals surface area contributed by atoms with Crippen molar-refractivity contribution in [2.24, 2.45) is 0 Å². The Kier molecular flexibility index (Phi) is 4.69. The smallest absolute Gasteiger partial charge is 0.319 e. The Hall–Kier alpha value is -3.08. The maximum atomic E-state index is 12.4. The van der Waals surface area contributed by atoms with Gasteiger partial charge in [0, 0.05) is 30.7 Å². The number of urea groups is 1. The monoisotopic (exact) mass is 346 g/mol. The minimum absolute atomic E-state index is 0.141. The van der Waals surface area contributed by atoms with Crippen molar-refractivity contribution in [2.45, 2.75) is 18.9 Å². The van der Waals surface area contributed by atoms with Gasteiger partial charge < -0.3 is 15.5 Å². The molecule has 0 saturated carbocycles. The van der Waals surface area contributed by atoms with Crippen LogP contribution in [0.1, 0.15) is 12.8 Å². The fraction of sp³-hybridized carbons (Fsp3) is 0.238. The topological polar surface area (TPSA) is 57.3 Å². The molecule has 3 aromatic rings. The molecule has 0 aliphatic carbocycles. The van der Waals surface area contributed by atoms with Crippen molar-refractivity contribution in [3.8, 4) is 0 Å². The van der Waals surface area contributed by atoms with E-state index in [0.717, 1.165) is 48.2 Å². The van der Waals surface area contributed by atoms with E-state index in [1.807, 2.05) is 66.9 Å². The maximum Gasteiger partial charge on any atom is 0.319 e. The maximum absolute atomic E-state index is 12.4. The lowest BCUT2D eigenvalue weighted by atomic mass is 10.1. The molecule has 1 aromatic heterocycles. The number of nitrogens with zero attached hydrogens (tertiary/aromatic N) is 2. The Morgan fingerprint density at radius 2 is 1.73 bits per heavy atom. The van der Waals surface area contributed by atoms with Crippen molar-refractivity contribution in [1.29, 1.82) is 0 Å². The van der Waals surface area contributed by atoms with Crippen LogP contribution in [0.25, 0.3) is 10.8 Å². The fourth-order valence-electron chi connectivity index (χ4n) is 3.47. The van der Waals surface area contributed by atoms with Crippen molar-refractivity contribution >= 4 is 28.3 Å². The molecule has 1 aliphatic rings. The van der Waals surface area contributed by atoms with Crippen LogP contribution >= 0.6 is 0 Å². The number of anilines is 2. The second kappa shape index (κ2) is 7.44. The first kappa shape index (κ1) is 16.4. The van der Waals surface area contributed by atoms with Crippen LogP contribution in [0.3, 0.4) is 0 Å². The highest BCUT2D eigenvalue weighted by Crippen LogP contribution is 2.23. The number of hydrogen-bond donors (Lipinski definition) is 2. The van der Waals surface area contributed by atoms with Crippen LogP contribution in [0, 0.1) is 0 Å². The Morgan fingerprint density at radius 1 is 0.962 bits per heavy atom. The van der Waals surface area contributed by atoms with Crippen LogP contribution in [-0.4, -0.2) is 30.1 Å². The van der Waals surface area contributed by atoms with E-state index in [4.69, 9.17) is 0 Å². The van der Waals surface area contributed by atoms with Gasteiger partial charge in [0.05, 0.1) is 5.69 Å². The molecule has 1 aliphatic heterocycles. The van der Waals surface area contributed by atoms with E-state index in [1.165, 1.54) is 0 Å². The van der Waals surface area contributed by atoms with Crippen LogP contribution < -0.4 is 15.5 Å². The van der Waals surface area contributed by atoms with E-state index in [9.17, 15) is 4.79 Å². The molecule has 2 aromatic carbocycles. The second-order valence-corrected chi connectivity index (χ2v) is 6.57. The molecule has 2 amide bonds. The molecule has 2 N–H and O–H groups in total. The fourth-order valence-corrected chi connectivity index (χ4v) is 3.47. The predicted octanol–water partition coefficient (Wildman–Crippen LogP) is 4.03. The molecule has 5 nitrogen and oxygen atoms in total. The number of pyridine rings is 1. The van der Waals surface area contributed by atoms with Crippen molar-refractivity contribution in [3.05, 3.63) is 66.9 Å². The molecule has 26 heavy (non-hydrogen) atoms. The van der Waals surface area contributed by atoms with Crippen molar-refractivity contribution in [3.63, 3.8) is 0 Å². The van der Waals surface area contributed by atoms with Gasteiger partial charge in [-0.3, -0.25) is 0 Å². The SMILES string of the molecule is O=C(Nc1cccc2ccccc12)NC1CCN(c2ccccn2)CC1. The van der Waals surface area contributed by atoms with Gasteiger partial charge in [-0.2, -0.15) is 0 Å². The zero-order valence-electron chi connectivity index (χ0n) is 14.6. The van der Waals surface area contributed by atoms with E-state index in [2.05, 4.69) is 20.5 Å². The molecule has 0 spiro atoms. The Balaban J connectivity index is 1.34. The Labute approximate surface area is 153 Å². The van der Waals surface area contributed by atoms with Gasteiger partial charge >= 0.3 is 6.03 Å². The zero-order valence-corrected chi connectivity index (χ0v) is 14.6. The molecular weight excluding hydrogens is 324 g/mol. The molecule has 2 heterocycles. The number of nitrogens with one attached hydrogen (secondary N) is 2. The third-order valence-corrected chi connectivity index (χ3v) is 4.84. The minimum Gasteiger partial charge on any atom is -0.356 e. The summed E-state index contributed by atoms with van der Waals surface area (Å²) in [6.07, 6.45) is 3.65. The van der Waals surface area contributed by atoms with Crippen LogP contribution in [0.5, 0.6) is 0 Å². The number of carbonyl (C=O) groups is 1. The van der Waals surface area contributed by atoms with Gasteiger partial charge in [0.2, 0.25) is 0 Å². The number of hydrogen-bond acceptors (Lipinski definition) is 3. The van der Waals surface area contributed by atoms with Crippen molar-refractivity contribution in [2.75, 3.05) is 23.3 Å². The van der Waals surface area contributed by atoms with Gasteiger partial charge in [-0.1, -0.05) is 42.5 Å². The first-order valence-electron chi connectivity index (χ1n) is 9.01. The van der Waals surface area contributed by atoms with E-state index in [0.29, 0.717) is 0 Å². The highest BCUT2D eigenvalue weighted by Gasteiger charge is 2.21. The average Bonchev–Trinajstić information content (AvgIpc) is 2.69. The summed E-state index contributed by atoms with van der Waals surface area (Å²) < 4.78 is 0. The van der Waals surface area contributed by atoms with Crippen LogP contribution in [0.2, 0.25) is 0 Å². The number of carbonyl (C=O) groups excluding carboxylic acids is 1. The van der Waals surface area contributed by atoms with E-state index < -0.39 is 0 Å². The van der Waals surface area contributed by atoms with Crippen LogP contribution in [-0.2, 0) is 0 Å². The summed E-state index contributed by atoms with van der Waals surface area (Å²) >= 11 is 0. The lowest BCUT2D eigenvalue weighted by Gasteiger charge is -2.33. The number of piperidine rings is 1. The third kappa shape index (κ3) is 3.61. The van der Waals surface area contributed by atoms with Gasteiger partial charge in [0.15, 0.2) is 0 Å². The summed E-state index contributed by atoms with van der Waals surface area (Å²) in [4.78, 5) is 19.1. The summed E-state index contributed by atoms with van der Waals surface area (Å²) in [7, 11) is 0. The van der Waals surface area contributed by atoms with E-state index >= 15 is 0 Å². The molecular formula is C21H22N4O. The van der Waals surface area contributed by atoms with Crippen molar-refractivity contribution in [1.82, 2.24) is 10.3 Å². The van der Waals surface area contributed by atoms with Gasteiger partial charge in [0.1, 0.15) is 5.82 Å². The van der Waals surface area contributed by atoms with Gasteiger partial charge in [-0.05, 0) is 36.4 Å². The zero-order chi connectivity index (χ0) is 17.8. The molecule has 5 heteroatoms. The first-order chi connectivity index (χ1) is 12.8. The second-order valence-electron chi connectivity index (χ2n) is 6.57. The highest BCUT2D eigenvalue weighted by molar-refractivity contribution is 6.01. The number of rotatable bonds is 3. The molecule has 1 fully saturated rings. The minimum atomic E-state index is -0.141. The molecule has 0 bridgehead atoms. The average molecular weight is 346 g/mol. The Bertz CT molecular complexity index is 883. The third-order valence-electron chi connectivity index (χ3n) is 4.84. The number of aromatic nitrogens is 1. The van der Waals surface area contributed by atoms with Crippen LogP contribution in [0.4, 0.5) is 16.3 Å².